The summed E-state index contributed by atoms with van der Waals surface area (Å²) in [7, 11) is 0. The number of benzene rings is 2. The molecule has 2 aromatic carbocycles. The van der Waals surface area contributed by atoms with Gasteiger partial charge < -0.3 is 0 Å². The summed E-state index contributed by atoms with van der Waals surface area (Å²) in [4.78, 5) is 0. The van der Waals surface area contributed by atoms with E-state index in [-0.39, 0.29) is 26.2 Å². The third-order valence-electron chi connectivity index (χ3n) is 3.75. The van der Waals surface area contributed by atoms with Crippen LogP contribution in [0.5, 0.6) is 0 Å². The summed E-state index contributed by atoms with van der Waals surface area (Å²) >= 11 is 6.95. The quantitative estimate of drug-likeness (QED) is 0.400. The molecule has 0 atom stereocenters. The van der Waals surface area contributed by atoms with Crippen molar-refractivity contribution in [3.8, 4) is 0 Å². The first-order valence-electron chi connectivity index (χ1n) is 7.48. The molecule has 3 heteroatoms. The minimum absolute atomic E-state index is 0. The van der Waals surface area contributed by atoms with Crippen molar-refractivity contribution in [1.82, 2.24) is 0 Å². The first kappa shape index (κ1) is 19.1. The smallest absolute Gasteiger partial charge is 0.201 e. The molecule has 0 N–H and O–H groups in total. The van der Waals surface area contributed by atoms with Gasteiger partial charge in [0, 0.05) is 0 Å². The van der Waals surface area contributed by atoms with Crippen molar-refractivity contribution in [1.29, 1.82) is 0 Å². The zero-order valence-corrected chi connectivity index (χ0v) is 18.3. The number of hydrogen-bond donors (Lipinski definition) is 0. The van der Waals surface area contributed by atoms with Gasteiger partial charge in [-0.2, -0.15) is 23.3 Å². The Morgan fingerprint density at radius 3 is 1.30 bits per heavy atom. The van der Waals surface area contributed by atoms with Crippen LogP contribution in [0.3, 0.4) is 0 Å². The molecule has 1 saturated carbocycles. The fourth-order valence-electron chi connectivity index (χ4n) is 2.60. The van der Waals surface area contributed by atoms with Gasteiger partial charge in [-0.1, -0.05) is 81.8 Å². The molecule has 0 unspecified atom stereocenters. The minimum Gasteiger partial charge on any atom is -0.201 e. The van der Waals surface area contributed by atoms with Crippen molar-refractivity contribution >= 4 is 31.9 Å². The van der Waals surface area contributed by atoms with Crippen LogP contribution < -0.4 is 0 Å². The molecular formula is C20H16Br2Zr. The van der Waals surface area contributed by atoms with E-state index in [9.17, 15) is 0 Å². The molecule has 1 aliphatic carbocycles. The van der Waals surface area contributed by atoms with Crippen LogP contribution >= 0.6 is 31.9 Å². The first-order valence-corrected chi connectivity index (χ1v) is 9.06. The largest absolute Gasteiger partial charge is 2.00 e. The Balaban J connectivity index is 0.00000192. The van der Waals surface area contributed by atoms with Crippen LogP contribution in [0.15, 0.2) is 68.6 Å². The van der Waals surface area contributed by atoms with Gasteiger partial charge in [-0.15, -0.1) is 24.3 Å². The molecule has 0 bridgehead atoms. The van der Waals surface area contributed by atoms with Crippen LogP contribution in [0, 0.1) is 12.2 Å². The van der Waals surface area contributed by atoms with Gasteiger partial charge in [0.2, 0.25) is 0 Å². The van der Waals surface area contributed by atoms with Crippen LogP contribution in [0.2, 0.25) is 0 Å². The van der Waals surface area contributed by atoms with Gasteiger partial charge in [0.1, 0.15) is 0 Å². The average Bonchev–Trinajstić information content (AvgIpc) is 2.54. The number of rotatable bonds is 2. The maximum atomic E-state index is 3.58. The average molecular weight is 507 g/mol. The van der Waals surface area contributed by atoms with Crippen LogP contribution in [0.1, 0.15) is 36.8 Å². The second-order valence-corrected chi connectivity index (χ2v) is 7.26. The Labute approximate surface area is 174 Å². The zero-order valence-electron chi connectivity index (χ0n) is 12.7. The van der Waals surface area contributed by atoms with Gasteiger partial charge in [-0.25, -0.2) is 11.1 Å². The Kier molecular flexibility index (Phi) is 7.72. The third-order valence-corrected chi connectivity index (χ3v) is 4.80. The second kappa shape index (κ2) is 9.30. The van der Waals surface area contributed by atoms with E-state index in [1.807, 2.05) is 0 Å². The molecule has 0 spiro atoms. The zero-order chi connectivity index (χ0) is 15.4. The van der Waals surface area contributed by atoms with Gasteiger partial charge in [-0.05, 0) is 8.95 Å². The summed E-state index contributed by atoms with van der Waals surface area (Å²) in [5.41, 5.74) is 4.87. The molecule has 1 aliphatic rings. The van der Waals surface area contributed by atoms with Crippen molar-refractivity contribution in [2.75, 3.05) is 0 Å². The molecule has 23 heavy (non-hydrogen) atoms. The first-order chi connectivity index (χ1) is 10.7. The summed E-state index contributed by atoms with van der Waals surface area (Å²) in [6.45, 7) is 0. The van der Waals surface area contributed by atoms with E-state index in [2.05, 4.69) is 92.5 Å². The fraction of sp³-hybridized carbons (Fsp3) is 0.200. The van der Waals surface area contributed by atoms with Crippen molar-refractivity contribution in [2.45, 2.75) is 25.7 Å². The molecule has 2 aromatic rings. The standard InChI is InChI=1S/C20H16Br2.Zr/c21-19-9-5-15(6-10-19)13-17-3-1-2-4-18(17)14-16-7-11-20(22)12-8-16;/h5-12H,1-4H2;/q-2;+2. The maximum absolute atomic E-state index is 3.58. The van der Waals surface area contributed by atoms with E-state index in [0.29, 0.717) is 0 Å². The number of halogens is 2. The van der Waals surface area contributed by atoms with Crippen molar-refractivity contribution in [3.05, 3.63) is 91.9 Å². The van der Waals surface area contributed by atoms with E-state index in [1.165, 1.54) is 24.0 Å². The monoisotopic (exact) mass is 504 g/mol. The Morgan fingerprint density at radius 2 is 0.957 bits per heavy atom. The molecule has 0 aromatic heterocycles. The number of allylic oxidation sites excluding steroid dienone is 2. The molecule has 1 fully saturated rings. The summed E-state index contributed by atoms with van der Waals surface area (Å²) in [6, 6.07) is 16.7. The predicted molar refractivity (Wildman–Crippen MR) is 98.5 cm³/mol. The maximum Gasteiger partial charge on any atom is 2.00 e. The Morgan fingerprint density at radius 1 is 0.609 bits per heavy atom. The van der Waals surface area contributed by atoms with Crippen LogP contribution in [-0.2, 0) is 26.2 Å². The normalized spacial score (nSPS) is 18.0. The molecule has 114 valence electrons. The van der Waals surface area contributed by atoms with Crippen LogP contribution in [0.25, 0.3) is 0 Å². The molecule has 0 radical (unpaired) electrons. The van der Waals surface area contributed by atoms with E-state index in [1.54, 1.807) is 0 Å². The van der Waals surface area contributed by atoms with E-state index in [0.717, 1.165) is 32.9 Å². The third kappa shape index (κ3) is 5.66. The van der Waals surface area contributed by atoms with Crippen LogP contribution in [0.4, 0.5) is 0 Å². The molecule has 0 amide bonds. The van der Waals surface area contributed by atoms with Crippen molar-refractivity contribution < 1.29 is 26.2 Å². The van der Waals surface area contributed by atoms with Crippen LogP contribution in [-0.4, -0.2) is 0 Å². The van der Waals surface area contributed by atoms with Gasteiger partial charge in [0.05, 0.1) is 0 Å². The Hall–Kier alpha value is -0.237. The fourth-order valence-corrected chi connectivity index (χ4v) is 3.12. The van der Waals surface area contributed by atoms with Gasteiger partial charge in [-0.3, -0.25) is 0 Å². The summed E-state index contributed by atoms with van der Waals surface area (Å²) in [5.74, 6) is 0. The topological polar surface area (TPSA) is 0 Å². The minimum atomic E-state index is 0. The molecule has 0 heterocycles. The molecular weight excluding hydrogens is 491 g/mol. The van der Waals surface area contributed by atoms with Crippen molar-refractivity contribution in [2.24, 2.45) is 0 Å². The van der Waals surface area contributed by atoms with E-state index < -0.39 is 0 Å². The predicted octanol–water partition coefficient (Wildman–Crippen LogP) is 6.64. The molecule has 3 rings (SSSR count). The molecule has 0 aliphatic heterocycles. The Bertz CT molecular complexity index is 634. The van der Waals surface area contributed by atoms with E-state index in [4.69, 9.17) is 0 Å². The van der Waals surface area contributed by atoms with E-state index >= 15 is 0 Å². The van der Waals surface area contributed by atoms with Gasteiger partial charge in [0.15, 0.2) is 0 Å². The molecule has 0 nitrogen and oxygen atoms in total. The second-order valence-electron chi connectivity index (χ2n) is 5.43. The SMILES string of the molecule is Brc1ccc([C-]=C2CCCCC2=[C-]c2ccc(Br)cc2)cc1.[Zr+2]. The number of hydrogen-bond acceptors (Lipinski definition) is 0. The van der Waals surface area contributed by atoms with Crippen molar-refractivity contribution in [3.63, 3.8) is 0 Å². The summed E-state index contributed by atoms with van der Waals surface area (Å²) in [5, 5.41) is 0. The summed E-state index contributed by atoms with van der Waals surface area (Å²) < 4.78 is 2.20. The van der Waals surface area contributed by atoms with Gasteiger partial charge >= 0.3 is 26.2 Å². The summed E-state index contributed by atoms with van der Waals surface area (Å²) in [6.07, 6.45) is 11.8. The van der Waals surface area contributed by atoms with Gasteiger partial charge in [0.25, 0.3) is 0 Å². The molecule has 0 saturated heterocycles.